The molecule has 2 aromatic carbocycles. The van der Waals surface area contributed by atoms with Gasteiger partial charge in [0.2, 0.25) is 0 Å². The molecule has 0 aliphatic heterocycles. The molecule has 0 saturated carbocycles. The first-order valence-electron chi connectivity index (χ1n) is 8.19. The number of benzene rings is 2. The summed E-state index contributed by atoms with van der Waals surface area (Å²) in [5, 5.41) is 2.58. The molecule has 25 heavy (non-hydrogen) atoms. The van der Waals surface area contributed by atoms with Crippen LogP contribution in [0.25, 0.3) is 0 Å². The molecule has 0 aromatic heterocycles. The topological polar surface area (TPSA) is 75.3 Å². The number of hydrogen-bond acceptors (Lipinski definition) is 3. The van der Waals surface area contributed by atoms with Gasteiger partial charge in [0.05, 0.1) is 4.90 Å². The molecule has 0 saturated heterocycles. The van der Waals surface area contributed by atoms with Gasteiger partial charge in [0.15, 0.2) is 0 Å². The highest BCUT2D eigenvalue weighted by Crippen LogP contribution is 2.11. The van der Waals surface area contributed by atoms with Gasteiger partial charge in [0.25, 0.3) is 10.0 Å². The number of sulfonamides is 1. The van der Waals surface area contributed by atoms with Gasteiger partial charge in [-0.15, -0.1) is 0 Å². The van der Waals surface area contributed by atoms with Crippen molar-refractivity contribution in [2.24, 2.45) is 0 Å². The van der Waals surface area contributed by atoms with Crippen LogP contribution in [0, 0.1) is 19.9 Å². The molecule has 1 radical (unpaired) electrons. The summed E-state index contributed by atoms with van der Waals surface area (Å²) in [6.45, 7) is 6.28. The van der Waals surface area contributed by atoms with Crippen molar-refractivity contribution < 1.29 is 13.2 Å². The van der Waals surface area contributed by atoms with Gasteiger partial charge in [-0.2, -0.15) is 0 Å². The van der Waals surface area contributed by atoms with Crippen molar-refractivity contribution in [1.29, 1.82) is 0 Å². The van der Waals surface area contributed by atoms with Crippen LogP contribution in [0.3, 0.4) is 0 Å². The number of nitrogens with one attached hydrogen (secondary N) is 2. The molecule has 0 fully saturated rings. The average molecular weight is 359 g/mol. The van der Waals surface area contributed by atoms with E-state index < -0.39 is 16.1 Å². The molecule has 2 amide bonds. The Morgan fingerprint density at radius 2 is 1.68 bits per heavy atom. The van der Waals surface area contributed by atoms with Crippen LogP contribution in [0.4, 0.5) is 4.79 Å². The monoisotopic (exact) mass is 359 g/mol. The standard InChI is InChI=1S/C19H23N2O3S/c1-4-16-11-15(3)12-17(13-16)9-10-20-19(22)21-25(23,24)18-7-5-14(2)6-8-18/h5-8,11-12H,4,9-10H2,1-3H3,(H2,20,21,22). The Labute approximate surface area is 149 Å². The summed E-state index contributed by atoms with van der Waals surface area (Å²) in [7, 11) is -3.86. The molecule has 0 unspecified atom stereocenters. The van der Waals surface area contributed by atoms with Gasteiger partial charge in [-0.25, -0.2) is 17.9 Å². The Hall–Kier alpha value is -2.34. The third-order valence-electron chi connectivity index (χ3n) is 3.74. The number of rotatable bonds is 6. The fourth-order valence-corrected chi connectivity index (χ4v) is 3.37. The smallest absolute Gasteiger partial charge is 0.328 e. The molecule has 6 heteroatoms. The van der Waals surface area contributed by atoms with Gasteiger partial charge >= 0.3 is 6.03 Å². The molecule has 2 rings (SSSR count). The Kier molecular flexibility index (Phi) is 6.20. The van der Waals surface area contributed by atoms with Crippen molar-refractivity contribution in [2.45, 2.75) is 38.5 Å². The highest BCUT2D eigenvalue weighted by atomic mass is 32.2. The van der Waals surface area contributed by atoms with E-state index in [2.05, 4.69) is 24.4 Å². The molecule has 2 N–H and O–H groups in total. The number of amides is 2. The second-order valence-corrected chi connectivity index (χ2v) is 7.67. The van der Waals surface area contributed by atoms with E-state index in [1.165, 1.54) is 12.1 Å². The predicted molar refractivity (Wildman–Crippen MR) is 98.0 cm³/mol. The van der Waals surface area contributed by atoms with Gasteiger partial charge in [-0.05, 0) is 56.0 Å². The SMILES string of the molecule is CCc1[c]c(CCNC(=O)NS(=O)(=O)c2ccc(C)cc2)cc(C)c1. The van der Waals surface area contributed by atoms with Crippen molar-refractivity contribution in [3.8, 4) is 0 Å². The number of urea groups is 1. The summed E-state index contributed by atoms with van der Waals surface area (Å²) in [5.41, 5.74) is 4.22. The normalized spacial score (nSPS) is 11.2. The summed E-state index contributed by atoms with van der Waals surface area (Å²) < 4.78 is 26.3. The lowest BCUT2D eigenvalue weighted by Crippen LogP contribution is -2.40. The van der Waals surface area contributed by atoms with E-state index in [0.29, 0.717) is 13.0 Å². The highest BCUT2D eigenvalue weighted by molar-refractivity contribution is 7.90. The fourth-order valence-electron chi connectivity index (χ4n) is 2.44. The van der Waals surface area contributed by atoms with Crippen LogP contribution in [0.1, 0.15) is 29.2 Å². The predicted octanol–water partition coefficient (Wildman–Crippen LogP) is 2.90. The first kappa shape index (κ1) is 19.0. The minimum absolute atomic E-state index is 0.0628. The Bertz CT molecular complexity index is 843. The van der Waals surface area contributed by atoms with Gasteiger partial charge in [-0.1, -0.05) is 42.3 Å². The van der Waals surface area contributed by atoms with E-state index >= 15 is 0 Å². The van der Waals surface area contributed by atoms with Crippen LogP contribution in [-0.2, 0) is 22.9 Å². The van der Waals surface area contributed by atoms with E-state index in [9.17, 15) is 13.2 Å². The van der Waals surface area contributed by atoms with E-state index in [-0.39, 0.29) is 4.90 Å². The maximum absolute atomic E-state index is 12.1. The van der Waals surface area contributed by atoms with E-state index in [1.807, 2.05) is 24.6 Å². The van der Waals surface area contributed by atoms with Gasteiger partial charge in [0, 0.05) is 6.54 Å². The lowest BCUT2D eigenvalue weighted by molar-refractivity contribution is 0.246. The number of hydrogen-bond donors (Lipinski definition) is 2. The lowest BCUT2D eigenvalue weighted by atomic mass is 10.0. The van der Waals surface area contributed by atoms with E-state index in [1.54, 1.807) is 12.1 Å². The minimum atomic E-state index is -3.86. The summed E-state index contributed by atoms with van der Waals surface area (Å²) >= 11 is 0. The fraction of sp³-hybridized carbons (Fsp3) is 0.316. The van der Waals surface area contributed by atoms with Gasteiger partial charge in [0.1, 0.15) is 0 Å². The zero-order chi connectivity index (χ0) is 18.4. The molecule has 133 valence electrons. The van der Waals surface area contributed by atoms with Crippen LogP contribution in [0.5, 0.6) is 0 Å². The summed E-state index contributed by atoms with van der Waals surface area (Å²) in [6.07, 6.45) is 1.49. The Morgan fingerprint density at radius 3 is 2.32 bits per heavy atom. The van der Waals surface area contributed by atoms with Crippen LogP contribution in [-0.4, -0.2) is 21.0 Å². The minimum Gasteiger partial charge on any atom is -0.337 e. The molecule has 0 bridgehead atoms. The lowest BCUT2D eigenvalue weighted by Gasteiger charge is -2.10. The zero-order valence-electron chi connectivity index (χ0n) is 14.7. The molecule has 5 nitrogen and oxygen atoms in total. The Morgan fingerprint density at radius 1 is 1.04 bits per heavy atom. The second-order valence-electron chi connectivity index (χ2n) is 5.99. The van der Waals surface area contributed by atoms with E-state index in [0.717, 1.165) is 28.7 Å². The quantitative estimate of drug-likeness (QED) is 0.833. The average Bonchev–Trinajstić information content (AvgIpc) is 2.54. The molecular formula is C19H23N2O3S. The van der Waals surface area contributed by atoms with Crippen molar-refractivity contribution in [3.05, 3.63) is 64.7 Å². The van der Waals surface area contributed by atoms with Crippen molar-refractivity contribution in [3.63, 3.8) is 0 Å². The zero-order valence-corrected chi connectivity index (χ0v) is 15.5. The Balaban J connectivity index is 1.90. The summed E-state index contributed by atoms with van der Waals surface area (Å²) in [5.74, 6) is 0. The number of carbonyl (C=O) groups is 1. The van der Waals surface area contributed by atoms with Crippen LogP contribution < -0.4 is 10.0 Å². The van der Waals surface area contributed by atoms with Crippen molar-refractivity contribution in [1.82, 2.24) is 10.0 Å². The summed E-state index contributed by atoms with van der Waals surface area (Å²) in [6, 6.07) is 13.0. The molecular weight excluding hydrogens is 336 g/mol. The maximum Gasteiger partial charge on any atom is 0.328 e. The molecule has 0 aliphatic carbocycles. The third-order valence-corrected chi connectivity index (χ3v) is 5.09. The van der Waals surface area contributed by atoms with Gasteiger partial charge < -0.3 is 5.32 Å². The highest BCUT2D eigenvalue weighted by Gasteiger charge is 2.16. The molecule has 2 aromatic rings. The van der Waals surface area contributed by atoms with Crippen LogP contribution >= 0.6 is 0 Å². The molecule has 0 heterocycles. The molecule has 0 atom stereocenters. The first-order valence-corrected chi connectivity index (χ1v) is 9.67. The number of aryl methyl sites for hydroxylation is 3. The second kappa shape index (κ2) is 8.16. The largest absolute Gasteiger partial charge is 0.337 e. The third kappa shape index (κ3) is 5.60. The van der Waals surface area contributed by atoms with Crippen molar-refractivity contribution in [2.75, 3.05) is 6.54 Å². The maximum atomic E-state index is 12.1. The molecule has 0 aliphatic rings. The van der Waals surface area contributed by atoms with Crippen molar-refractivity contribution >= 4 is 16.1 Å². The van der Waals surface area contributed by atoms with Crippen LogP contribution in [0.15, 0.2) is 41.3 Å². The first-order chi connectivity index (χ1) is 11.8. The van der Waals surface area contributed by atoms with Gasteiger partial charge in [-0.3, -0.25) is 0 Å². The van der Waals surface area contributed by atoms with E-state index in [4.69, 9.17) is 0 Å². The number of carbonyl (C=O) groups excluding carboxylic acids is 1. The van der Waals surface area contributed by atoms with Crippen LogP contribution in [0.2, 0.25) is 0 Å². The molecule has 0 spiro atoms. The summed E-state index contributed by atoms with van der Waals surface area (Å²) in [4.78, 5) is 11.9.